The maximum absolute atomic E-state index is 11.9. The molecule has 1 saturated carbocycles. The summed E-state index contributed by atoms with van der Waals surface area (Å²) >= 11 is 0. The molecule has 0 amide bonds. The van der Waals surface area contributed by atoms with Crippen LogP contribution in [-0.4, -0.2) is 30.4 Å². The van der Waals surface area contributed by atoms with Gasteiger partial charge in [0, 0.05) is 6.04 Å². The van der Waals surface area contributed by atoms with Crippen LogP contribution in [0.3, 0.4) is 0 Å². The molecular formula is C11H17N3O3S. The summed E-state index contributed by atoms with van der Waals surface area (Å²) in [6.45, 7) is 0.556. The number of hydrogen-bond donors (Lipinski definition) is 1. The zero-order chi connectivity index (χ0) is 12.6. The van der Waals surface area contributed by atoms with Crippen LogP contribution in [0.2, 0.25) is 0 Å². The van der Waals surface area contributed by atoms with Gasteiger partial charge in [-0.15, -0.1) is 0 Å². The molecule has 6 nitrogen and oxygen atoms in total. The lowest BCUT2D eigenvalue weighted by atomic mass is 10.2. The lowest BCUT2D eigenvalue weighted by Crippen LogP contribution is -2.22. The Balaban J connectivity index is 1.70. The van der Waals surface area contributed by atoms with E-state index in [9.17, 15) is 8.42 Å². The molecule has 0 radical (unpaired) electrons. The Morgan fingerprint density at radius 2 is 2.11 bits per heavy atom. The van der Waals surface area contributed by atoms with Crippen LogP contribution in [0.5, 0.6) is 0 Å². The molecule has 0 bridgehead atoms. The number of hydrogen-bond acceptors (Lipinski definition) is 6. The minimum Gasteiger partial charge on any atom is -0.338 e. The van der Waals surface area contributed by atoms with E-state index in [-0.39, 0.29) is 11.6 Å². The fraction of sp³-hybridized carbons (Fsp3) is 0.818. The molecule has 1 atom stereocenters. The van der Waals surface area contributed by atoms with Gasteiger partial charge in [0.1, 0.15) is 5.25 Å². The topological polar surface area (TPSA) is 85.1 Å². The first-order valence-corrected chi connectivity index (χ1v) is 8.14. The van der Waals surface area contributed by atoms with E-state index >= 15 is 0 Å². The van der Waals surface area contributed by atoms with Crippen LogP contribution in [0.15, 0.2) is 4.52 Å². The Bertz CT molecular complexity index is 521. The van der Waals surface area contributed by atoms with Gasteiger partial charge in [-0.2, -0.15) is 4.98 Å². The predicted molar refractivity (Wildman–Crippen MR) is 64.5 cm³/mol. The van der Waals surface area contributed by atoms with Crippen molar-refractivity contribution in [3.63, 3.8) is 0 Å². The highest BCUT2D eigenvalue weighted by Crippen LogP contribution is 2.32. The van der Waals surface area contributed by atoms with Gasteiger partial charge in [0.15, 0.2) is 15.7 Å². The SMILES string of the molecule is O=S1(=O)CCCCC1c1nc(CNC2CC2)no1. The molecule has 1 N–H and O–H groups in total. The zero-order valence-electron chi connectivity index (χ0n) is 10.1. The van der Waals surface area contributed by atoms with Crippen LogP contribution in [0.1, 0.15) is 49.1 Å². The second kappa shape index (κ2) is 4.62. The van der Waals surface area contributed by atoms with Gasteiger partial charge in [-0.25, -0.2) is 8.42 Å². The molecule has 3 rings (SSSR count). The first-order valence-electron chi connectivity index (χ1n) is 6.42. The molecule has 18 heavy (non-hydrogen) atoms. The molecule has 7 heteroatoms. The van der Waals surface area contributed by atoms with Gasteiger partial charge in [0.05, 0.1) is 12.3 Å². The van der Waals surface area contributed by atoms with E-state index in [4.69, 9.17) is 4.52 Å². The normalized spacial score (nSPS) is 27.2. The van der Waals surface area contributed by atoms with Crippen molar-refractivity contribution in [2.75, 3.05) is 5.75 Å². The summed E-state index contributed by atoms with van der Waals surface area (Å²) in [6.07, 6.45) is 4.63. The van der Waals surface area contributed by atoms with Crippen molar-refractivity contribution >= 4 is 9.84 Å². The molecule has 2 heterocycles. The van der Waals surface area contributed by atoms with Gasteiger partial charge in [0.25, 0.3) is 0 Å². The van der Waals surface area contributed by atoms with Crippen LogP contribution in [0.4, 0.5) is 0 Å². The largest absolute Gasteiger partial charge is 0.338 e. The van der Waals surface area contributed by atoms with Gasteiger partial charge in [-0.3, -0.25) is 0 Å². The Morgan fingerprint density at radius 1 is 1.28 bits per heavy atom. The number of nitrogens with one attached hydrogen (secondary N) is 1. The highest BCUT2D eigenvalue weighted by atomic mass is 32.2. The average Bonchev–Trinajstić information content (AvgIpc) is 3.05. The van der Waals surface area contributed by atoms with Crippen LogP contribution >= 0.6 is 0 Å². The van der Waals surface area contributed by atoms with Crippen molar-refractivity contribution in [2.24, 2.45) is 0 Å². The molecule has 0 aromatic carbocycles. The summed E-state index contributed by atoms with van der Waals surface area (Å²) in [5.74, 6) is 1.05. The second-order valence-electron chi connectivity index (χ2n) is 5.06. The molecule has 0 spiro atoms. The van der Waals surface area contributed by atoms with Crippen molar-refractivity contribution in [1.29, 1.82) is 0 Å². The molecule has 1 aliphatic carbocycles. The zero-order valence-corrected chi connectivity index (χ0v) is 10.9. The van der Waals surface area contributed by atoms with Gasteiger partial charge in [-0.05, 0) is 25.7 Å². The summed E-state index contributed by atoms with van der Waals surface area (Å²) in [5, 5.41) is 6.53. The monoisotopic (exact) mass is 271 g/mol. The molecule has 1 aliphatic heterocycles. The third kappa shape index (κ3) is 2.56. The molecular weight excluding hydrogens is 254 g/mol. The van der Waals surface area contributed by atoms with E-state index in [1.807, 2.05) is 0 Å². The molecule has 1 aromatic rings. The Kier molecular flexibility index (Phi) is 3.11. The second-order valence-corrected chi connectivity index (χ2v) is 7.36. The summed E-state index contributed by atoms with van der Waals surface area (Å²) in [6, 6.07) is 0.574. The maximum Gasteiger partial charge on any atom is 0.245 e. The van der Waals surface area contributed by atoms with Crippen LogP contribution in [0, 0.1) is 0 Å². The van der Waals surface area contributed by atoms with Gasteiger partial charge in [0.2, 0.25) is 5.89 Å². The summed E-state index contributed by atoms with van der Waals surface area (Å²) in [5.41, 5.74) is 0. The Hall–Kier alpha value is -0.950. The van der Waals surface area contributed by atoms with Crippen LogP contribution in [0.25, 0.3) is 0 Å². The number of rotatable bonds is 4. The van der Waals surface area contributed by atoms with Crippen molar-refractivity contribution in [3.05, 3.63) is 11.7 Å². The maximum atomic E-state index is 11.9. The van der Waals surface area contributed by atoms with E-state index in [2.05, 4.69) is 15.5 Å². The van der Waals surface area contributed by atoms with Crippen molar-refractivity contribution < 1.29 is 12.9 Å². The van der Waals surface area contributed by atoms with Crippen molar-refractivity contribution in [2.45, 2.75) is 49.9 Å². The van der Waals surface area contributed by atoms with Crippen LogP contribution in [-0.2, 0) is 16.4 Å². The smallest absolute Gasteiger partial charge is 0.245 e. The fourth-order valence-electron chi connectivity index (χ4n) is 2.23. The van der Waals surface area contributed by atoms with Gasteiger partial charge in [-0.1, -0.05) is 11.6 Å². The quantitative estimate of drug-likeness (QED) is 0.878. The minimum absolute atomic E-state index is 0.232. The van der Waals surface area contributed by atoms with E-state index in [0.717, 1.165) is 12.8 Å². The molecule has 100 valence electrons. The van der Waals surface area contributed by atoms with E-state index < -0.39 is 15.1 Å². The summed E-state index contributed by atoms with van der Waals surface area (Å²) in [4.78, 5) is 4.21. The molecule has 2 fully saturated rings. The molecule has 2 aliphatic rings. The Labute approximate surface area is 106 Å². The first kappa shape index (κ1) is 12.1. The van der Waals surface area contributed by atoms with E-state index in [1.54, 1.807) is 0 Å². The summed E-state index contributed by atoms with van der Waals surface area (Å²) in [7, 11) is -3.10. The lowest BCUT2D eigenvalue weighted by molar-refractivity contribution is 0.358. The third-order valence-corrected chi connectivity index (χ3v) is 5.63. The average molecular weight is 271 g/mol. The van der Waals surface area contributed by atoms with Gasteiger partial charge < -0.3 is 9.84 Å². The fourth-order valence-corrected chi connectivity index (χ4v) is 4.04. The highest BCUT2D eigenvalue weighted by Gasteiger charge is 2.34. The Morgan fingerprint density at radius 3 is 2.83 bits per heavy atom. The summed E-state index contributed by atoms with van der Waals surface area (Å²) < 4.78 is 29.0. The van der Waals surface area contributed by atoms with Crippen molar-refractivity contribution in [3.8, 4) is 0 Å². The predicted octanol–water partition coefficient (Wildman–Crippen LogP) is 0.961. The minimum atomic E-state index is -3.10. The first-order chi connectivity index (χ1) is 8.65. The number of aromatic nitrogens is 2. The number of nitrogens with zero attached hydrogens (tertiary/aromatic N) is 2. The third-order valence-electron chi connectivity index (χ3n) is 3.46. The number of sulfone groups is 1. The van der Waals surface area contributed by atoms with Crippen LogP contribution < -0.4 is 5.32 Å². The highest BCUT2D eigenvalue weighted by molar-refractivity contribution is 7.91. The lowest BCUT2D eigenvalue weighted by Gasteiger charge is -2.18. The molecule has 1 saturated heterocycles. The molecule has 1 aromatic heterocycles. The van der Waals surface area contributed by atoms with E-state index in [1.165, 1.54) is 12.8 Å². The standard InChI is InChI=1S/C11H17N3O3S/c15-18(16)6-2-1-3-9(18)11-13-10(14-17-11)7-12-8-4-5-8/h8-9,12H,1-7H2. The van der Waals surface area contributed by atoms with Crippen molar-refractivity contribution in [1.82, 2.24) is 15.5 Å². The van der Waals surface area contributed by atoms with E-state index in [0.29, 0.717) is 24.8 Å². The van der Waals surface area contributed by atoms with Gasteiger partial charge >= 0.3 is 0 Å². The molecule has 1 unspecified atom stereocenters.